The van der Waals surface area contributed by atoms with E-state index in [-0.39, 0.29) is 12.5 Å². The third-order valence-corrected chi connectivity index (χ3v) is 1.85. The largest absolute Gasteiger partial charge is 0.390 e. The van der Waals surface area contributed by atoms with Gasteiger partial charge in [0.05, 0.1) is 12.8 Å². The summed E-state index contributed by atoms with van der Waals surface area (Å²) in [5.74, 6) is -0.109. The van der Waals surface area contributed by atoms with Crippen molar-refractivity contribution in [3.05, 3.63) is 11.9 Å². The van der Waals surface area contributed by atoms with Gasteiger partial charge in [0.1, 0.15) is 11.7 Å². The van der Waals surface area contributed by atoms with Crippen LogP contribution in [0.15, 0.2) is 6.20 Å². The highest BCUT2D eigenvalue weighted by atomic mass is 16.3. The summed E-state index contributed by atoms with van der Waals surface area (Å²) >= 11 is 0. The van der Waals surface area contributed by atoms with Crippen LogP contribution >= 0.6 is 0 Å². The van der Waals surface area contributed by atoms with E-state index in [2.05, 4.69) is 15.6 Å². The SMILES string of the molecule is CCNC(=O)C(C)n1cc(CO)nn1. The molecule has 1 aromatic heterocycles. The van der Waals surface area contributed by atoms with Gasteiger partial charge in [0.25, 0.3) is 0 Å². The number of rotatable bonds is 4. The molecule has 0 saturated carbocycles. The molecule has 14 heavy (non-hydrogen) atoms. The zero-order chi connectivity index (χ0) is 10.6. The highest BCUT2D eigenvalue weighted by Gasteiger charge is 2.15. The predicted octanol–water partition coefficient (Wildman–Crippen LogP) is -0.533. The van der Waals surface area contributed by atoms with Crippen molar-refractivity contribution in [3.63, 3.8) is 0 Å². The van der Waals surface area contributed by atoms with Gasteiger partial charge in [-0.05, 0) is 13.8 Å². The Labute approximate surface area is 81.9 Å². The van der Waals surface area contributed by atoms with Crippen LogP contribution in [0.5, 0.6) is 0 Å². The van der Waals surface area contributed by atoms with Crippen LogP contribution in [-0.2, 0) is 11.4 Å². The number of aromatic nitrogens is 3. The van der Waals surface area contributed by atoms with Gasteiger partial charge >= 0.3 is 0 Å². The van der Waals surface area contributed by atoms with E-state index in [1.807, 2.05) is 6.92 Å². The highest BCUT2D eigenvalue weighted by molar-refractivity contribution is 5.79. The van der Waals surface area contributed by atoms with Gasteiger partial charge in [-0.2, -0.15) is 0 Å². The standard InChI is InChI=1S/C8H14N4O2/c1-3-9-8(14)6(2)12-4-7(5-13)10-11-12/h4,6,13H,3,5H2,1-2H3,(H,9,14). The summed E-state index contributed by atoms with van der Waals surface area (Å²) in [5, 5.41) is 18.9. The van der Waals surface area contributed by atoms with Crippen LogP contribution in [0.1, 0.15) is 25.6 Å². The van der Waals surface area contributed by atoms with Crippen LogP contribution in [0.2, 0.25) is 0 Å². The Morgan fingerprint density at radius 1 is 1.79 bits per heavy atom. The van der Waals surface area contributed by atoms with Crippen LogP contribution in [0.3, 0.4) is 0 Å². The second-order valence-corrected chi connectivity index (χ2v) is 2.92. The third-order valence-electron chi connectivity index (χ3n) is 1.85. The van der Waals surface area contributed by atoms with Gasteiger partial charge in [0.15, 0.2) is 0 Å². The lowest BCUT2D eigenvalue weighted by Gasteiger charge is -2.09. The monoisotopic (exact) mass is 198 g/mol. The highest BCUT2D eigenvalue weighted by Crippen LogP contribution is 2.04. The van der Waals surface area contributed by atoms with Crippen LogP contribution in [0.25, 0.3) is 0 Å². The van der Waals surface area contributed by atoms with Crippen molar-refractivity contribution < 1.29 is 9.90 Å². The van der Waals surface area contributed by atoms with E-state index in [0.29, 0.717) is 12.2 Å². The minimum atomic E-state index is -0.400. The number of nitrogens with one attached hydrogen (secondary N) is 1. The lowest BCUT2D eigenvalue weighted by atomic mass is 10.3. The number of aliphatic hydroxyl groups is 1. The quantitative estimate of drug-likeness (QED) is 0.681. The molecular weight excluding hydrogens is 184 g/mol. The Kier molecular flexibility index (Phi) is 3.58. The number of hydrogen-bond acceptors (Lipinski definition) is 4. The van der Waals surface area contributed by atoms with Gasteiger partial charge < -0.3 is 10.4 Å². The fourth-order valence-electron chi connectivity index (χ4n) is 1.02. The van der Waals surface area contributed by atoms with Crippen molar-refractivity contribution in [2.24, 2.45) is 0 Å². The molecule has 6 nitrogen and oxygen atoms in total. The zero-order valence-corrected chi connectivity index (χ0v) is 8.27. The van der Waals surface area contributed by atoms with Crippen molar-refractivity contribution in [1.82, 2.24) is 20.3 Å². The van der Waals surface area contributed by atoms with Crippen molar-refractivity contribution in [1.29, 1.82) is 0 Å². The van der Waals surface area contributed by atoms with E-state index in [1.165, 1.54) is 4.68 Å². The molecule has 0 spiro atoms. The lowest BCUT2D eigenvalue weighted by Crippen LogP contribution is -2.31. The topological polar surface area (TPSA) is 80.0 Å². The van der Waals surface area contributed by atoms with Crippen LogP contribution < -0.4 is 5.32 Å². The second kappa shape index (κ2) is 4.71. The van der Waals surface area contributed by atoms with E-state index in [1.54, 1.807) is 13.1 Å². The molecule has 1 atom stereocenters. The minimum Gasteiger partial charge on any atom is -0.390 e. The normalized spacial score (nSPS) is 12.5. The maximum atomic E-state index is 11.4. The molecule has 6 heteroatoms. The zero-order valence-electron chi connectivity index (χ0n) is 8.27. The molecule has 0 saturated heterocycles. The maximum Gasteiger partial charge on any atom is 0.244 e. The first kappa shape index (κ1) is 10.6. The predicted molar refractivity (Wildman–Crippen MR) is 49.3 cm³/mol. The van der Waals surface area contributed by atoms with Crippen LogP contribution in [-0.4, -0.2) is 32.6 Å². The average Bonchev–Trinajstić information content (AvgIpc) is 2.65. The molecule has 1 heterocycles. The molecule has 0 fully saturated rings. The van der Waals surface area contributed by atoms with Crippen LogP contribution in [0.4, 0.5) is 0 Å². The van der Waals surface area contributed by atoms with Gasteiger partial charge in [0, 0.05) is 6.54 Å². The maximum absolute atomic E-state index is 11.4. The molecule has 0 aliphatic heterocycles. The third kappa shape index (κ3) is 2.29. The number of carbonyl (C=O) groups excluding carboxylic acids is 1. The molecule has 0 radical (unpaired) electrons. The Morgan fingerprint density at radius 2 is 2.50 bits per heavy atom. The number of hydrogen-bond donors (Lipinski definition) is 2. The van der Waals surface area contributed by atoms with Crippen molar-refractivity contribution in [2.75, 3.05) is 6.54 Å². The van der Waals surface area contributed by atoms with Gasteiger partial charge in [-0.25, -0.2) is 4.68 Å². The van der Waals surface area contributed by atoms with E-state index in [9.17, 15) is 4.79 Å². The summed E-state index contributed by atoms with van der Waals surface area (Å²) in [6, 6.07) is -0.400. The molecule has 0 aliphatic rings. The number of nitrogens with zero attached hydrogens (tertiary/aromatic N) is 3. The first-order valence-electron chi connectivity index (χ1n) is 4.48. The minimum absolute atomic E-state index is 0.109. The molecule has 1 unspecified atom stereocenters. The molecule has 78 valence electrons. The number of aliphatic hydroxyl groups excluding tert-OH is 1. The first-order chi connectivity index (χ1) is 6.69. The summed E-state index contributed by atoms with van der Waals surface area (Å²) in [6.45, 7) is 4.00. The van der Waals surface area contributed by atoms with Crippen LogP contribution in [0, 0.1) is 0 Å². The van der Waals surface area contributed by atoms with Gasteiger partial charge in [-0.15, -0.1) is 5.10 Å². The van der Waals surface area contributed by atoms with E-state index in [4.69, 9.17) is 5.11 Å². The van der Waals surface area contributed by atoms with Crippen molar-refractivity contribution in [2.45, 2.75) is 26.5 Å². The number of amides is 1. The second-order valence-electron chi connectivity index (χ2n) is 2.92. The molecule has 1 aromatic rings. The Bertz CT molecular complexity index is 310. The van der Waals surface area contributed by atoms with E-state index in [0.717, 1.165) is 0 Å². The molecule has 0 bridgehead atoms. The fourth-order valence-corrected chi connectivity index (χ4v) is 1.02. The number of carbonyl (C=O) groups is 1. The van der Waals surface area contributed by atoms with E-state index >= 15 is 0 Å². The lowest BCUT2D eigenvalue weighted by molar-refractivity contribution is -0.124. The summed E-state index contributed by atoms with van der Waals surface area (Å²) in [6.07, 6.45) is 1.56. The Morgan fingerprint density at radius 3 is 3.00 bits per heavy atom. The fraction of sp³-hybridized carbons (Fsp3) is 0.625. The summed E-state index contributed by atoms with van der Waals surface area (Å²) in [5.41, 5.74) is 0.459. The molecule has 0 aromatic carbocycles. The molecule has 2 N–H and O–H groups in total. The summed E-state index contributed by atoms with van der Waals surface area (Å²) < 4.78 is 1.43. The molecule has 0 aliphatic carbocycles. The molecule has 1 amide bonds. The summed E-state index contributed by atoms with van der Waals surface area (Å²) in [7, 11) is 0. The Hall–Kier alpha value is -1.43. The average molecular weight is 198 g/mol. The molecular formula is C8H14N4O2. The first-order valence-corrected chi connectivity index (χ1v) is 4.48. The Balaban J connectivity index is 2.68. The summed E-state index contributed by atoms with van der Waals surface area (Å²) in [4.78, 5) is 11.4. The van der Waals surface area contributed by atoms with Gasteiger partial charge in [0.2, 0.25) is 5.91 Å². The van der Waals surface area contributed by atoms with Crippen molar-refractivity contribution >= 4 is 5.91 Å². The van der Waals surface area contributed by atoms with Gasteiger partial charge in [-0.1, -0.05) is 5.21 Å². The molecule has 1 rings (SSSR count). The van der Waals surface area contributed by atoms with E-state index < -0.39 is 6.04 Å². The van der Waals surface area contributed by atoms with Gasteiger partial charge in [-0.3, -0.25) is 4.79 Å². The smallest absolute Gasteiger partial charge is 0.244 e. The number of likely N-dealkylation sites (N-methyl/N-ethyl adjacent to an activating group) is 1. The van der Waals surface area contributed by atoms with Crippen molar-refractivity contribution in [3.8, 4) is 0 Å².